The predicted molar refractivity (Wildman–Crippen MR) is 66.9 cm³/mol. The van der Waals surface area contributed by atoms with Crippen molar-refractivity contribution >= 4 is 11.5 Å². The standard InChI is InChI=1S/C12H19N3O2/c1-9-2-5-14-11(10(9)13)15-8-12(16)3-6-17-7-4-12/h2,5,16H,3-4,6-8,13H2,1H3,(H,14,15). The Bertz CT molecular complexity index is 389. The summed E-state index contributed by atoms with van der Waals surface area (Å²) in [5.74, 6) is 0.643. The highest BCUT2D eigenvalue weighted by molar-refractivity contribution is 5.64. The van der Waals surface area contributed by atoms with Crippen LogP contribution in [-0.4, -0.2) is 35.5 Å². The average molecular weight is 237 g/mol. The van der Waals surface area contributed by atoms with E-state index in [0.717, 1.165) is 5.56 Å². The summed E-state index contributed by atoms with van der Waals surface area (Å²) in [5, 5.41) is 13.4. The number of pyridine rings is 1. The van der Waals surface area contributed by atoms with Crippen molar-refractivity contribution in [3.63, 3.8) is 0 Å². The highest BCUT2D eigenvalue weighted by Gasteiger charge is 2.29. The monoisotopic (exact) mass is 237 g/mol. The zero-order chi connectivity index (χ0) is 12.3. The van der Waals surface area contributed by atoms with Gasteiger partial charge in [0.05, 0.1) is 11.3 Å². The number of aliphatic hydroxyl groups is 1. The van der Waals surface area contributed by atoms with Crippen LogP contribution in [0.3, 0.4) is 0 Å². The topological polar surface area (TPSA) is 80.4 Å². The van der Waals surface area contributed by atoms with Gasteiger partial charge in [-0.05, 0) is 18.6 Å². The van der Waals surface area contributed by atoms with Gasteiger partial charge in [-0.25, -0.2) is 4.98 Å². The molecule has 1 aromatic heterocycles. The molecule has 0 atom stereocenters. The molecule has 2 heterocycles. The molecule has 2 rings (SSSR count). The van der Waals surface area contributed by atoms with Crippen LogP contribution in [0.25, 0.3) is 0 Å². The third-order valence-electron chi connectivity index (χ3n) is 3.22. The molecule has 0 aliphatic carbocycles. The van der Waals surface area contributed by atoms with Gasteiger partial charge in [-0.1, -0.05) is 0 Å². The van der Waals surface area contributed by atoms with E-state index in [1.165, 1.54) is 0 Å². The van der Waals surface area contributed by atoms with Crippen molar-refractivity contribution in [2.45, 2.75) is 25.4 Å². The number of nitrogens with one attached hydrogen (secondary N) is 1. The van der Waals surface area contributed by atoms with E-state index in [0.29, 0.717) is 44.1 Å². The number of hydrogen-bond acceptors (Lipinski definition) is 5. The maximum atomic E-state index is 10.3. The SMILES string of the molecule is Cc1ccnc(NCC2(O)CCOCC2)c1N. The summed E-state index contributed by atoms with van der Waals surface area (Å²) in [7, 11) is 0. The molecule has 5 heteroatoms. The molecule has 0 amide bonds. The molecule has 94 valence electrons. The molecule has 1 aliphatic heterocycles. The van der Waals surface area contributed by atoms with E-state index in [-0.39, 0.29) is 0 Å². The lowest BCUT2D eigenvalue weighted by atomic mass is 9.94. The minimum atomic E-state index is -0.712. The zero-order valence-corrected chi connectivity index (χ0v) is 10.1. The van der Waals surface area contributed by atoms with Crippen molar-refractivity contribution in [3.05, 3.63) is 17.8 Å². The number of aryl methyl sites for hydroxylation is 1. The molecule has 0 radical (unpaired) electrons. The Morgan fingerprint density at radius 1 is 1.53 bits per heavy atom. The van der Waals surface area contributed by atoms with Crippen molar-refractivity contribution in [1.82, 2.24) is 4.98 Å². The maximum absolute atomic E-state index is 10.3. The quantitative estimate of drug-likeness (QED) is 0.728. The minimum Gasteiger partial charge on any atom is -0.396 e. The van der Waals surface area contributed by atoms with Gasteiger partial charge in [0.15, 0.2) is 0 Å². The number of ether oxygens (including phenoxy) is 1. The molecule has 0 spiro atoms. The van der Waals surface area contributed by atoms with E-state index in [4.69, 9.17) is 10.5 Å². The minimum absolute atomic E-state index is 0.455. The van der Waals surface area contributed by atoms with Gasteiger partial charge >= 0.3 is 0 Å². The van der Waals surface area contributed by atoms with Crippen LogP contribution >= 0.6 is 0 Å². The summed E-state index contributed by atoms with van der Waals surface area (Å²) in [4.78, 5) is 4.18. The molecule has 0 aromatic carbocycles. The average Bonchev–Trinajstić information content (AvgIpc) is 2.32. The Morgan fingerprint density at radius 2 is 2.24 bits per heavy atom. The molecule has 0 unspecified atom stereocenters. The van der Waals surface area contributed by atoms with Gasteiger partial charge in [0, 0.05) is 38.8 Å². The Kier molecular flexibility index (Phi) is 3.49. The van der Waals surface area contributed by atoms with Crippen LogP contribution in [0, 0.1) is 6.92 Å². The highest BCUT2D eigenvalue weighted by Crippen LogP contribution is 2.23. The first-order chi connectivity index (χ1) is 8.11. The molecule has 17 heavy (non-hydrogen) atoms. The van der Waals surface area contributed by atoms with Crippen molar-refractivity contribution in [2.24, 2.45) is 0 Å². The lowest BCUT2D eigenvalue weighted by Crippen LogP contribution is -2.42. The summed E-state index contributed by atoms with van der Waals surface area (Å²) in [6.07, 6.45) is 3.00. The fourth-order valence-electron chi connectivity index (χ4n) is 1.89. The Hall–Kier alpha value is -1.33. The van der Waals surface area contributed by atoms with Crippen LogP contribution in [-0.2, 0) is 4.74 Å². The molecule has 1 aromatic rings. The molecule has 1 aliphatic rings. The second-order valence-electron chi connectivity index (χ2n) is 4.58. The van der Waals surface area contributed by atoms with Gasteiger partial charge in [0.25, 0.3) is 0 Å². The molecule has 1 fully saturated rings. The Balaban J connectivity index is 1.99. The Labute approximate surface area is 101 Å². The van der Waals surface area contributed by atoms with Crippen molar-refractivity contribution < 1.29 is 9.84 Å². The number of hydrogen-bond donors (Lipinski definition) is 3. The first-order valence-electron chi connectivity index (χ1n) is 5.86. The molecular weight excluding hydrogens is 218 g/mol. The van der Waals surface area contributed by atoms with Gasteiger partial charge < -0.3 is 20.9 Å². The molecule has 5 nitrogen and oxygen atoms in total. The van der Waals surface area contributed by atoms with Crippen LogP contribution in [0.5, 0.6) is 0 Å². The fourth-order valence-corrected chi connectivity index (χ4v) is 1.89. The van der Waals surface area contributed by atoms with Crippen LogP contribution in [0.15, 0.2) is 12.3 Å². The number of nitrogens with zero attached hydrogens (tertiary/aromatic N) is 1. The summed E-state index contributed by atoms with van der Waals surface area (Å²) in [6.45, 7) is 3.60. The van der Waals surface area contributed by atoms with E-state index < -0.39 is 5.60 Å². The smallest absolute Gasteiger partial charge is 0.149 e. The number of aromatic nitrogens is 1. The number of rotatable bonds is 3. The van der Waals surface area contributed by atoms with Gasteiger partial charge in [-0.2, -0.15) is 0 Å². The van der Waals surface area contributed by atoms with E-state index in [1.807, 2.05) is 13.0 Å². The van der Waals surface area contributed by atoms with E-state index in [1.54, 1.807) is 6.20 Å². The third-order valence-corrected chi connectivity index (χ3v) is 3.22. The number of anilines is 2. The molecule has 1 saturated heterocycles. The molecule has 0 saturated carbocycles. The number of nitrogen functional groups attached to an aromatic ring is 1. The highest BCUT2D eigenvalue weighted by atomic mass is 16.5. The van der Waals surface area contributed by atoms with E-state index >= 15 is 0 Å². The molecule has 4 N–H and O–H groups in total. The summed E-state index contributed by atoms with van der Waals surface area (Å²) < 4.78 is 5.23. The lowest BCUT2D eigenvalue weighted by molar-refractivity contribution is -0.0543. The van der Waals surface area contributed by atoms with E-state index in [2.05, 4.69) is 10.3 Å². The van der Waals surface area contributed by atoms with Gasteiger partial charge in [0.2, 0.25) is 0 Å². The first kappa shape index (κ1) is 12.1. The van der Waals surface area contributed by atoms with Gasteiger partial charge in [-0.3, -0.25) is 0 Å². The van der Waals surface area contributed by atoms with Gasteiger partial charge in [-0.15, -0.1) is 0 Å². The van der Waals surface area contributed by atoms with Crippen LogP contribution in [0.2, 0.25) is 0 Å². The van der Waals surface area contributed by atoms with Crippen molar-refractivity contribution in [1.29, 1.82) is 0 Å². The summed E-state index contributed by atoms with van der Waals surface area (Å²) in [6, 6.07) is 1.86. The summed E-state index contributed by atoms with van der Waals surface area (Å²) >= 11 is 0. The van der Waals surface area contributed by atoms with Crippen LogP contribution in [0.1, 0.15) is 18.4 Å². The lowest BCUT2D eigenvalue weighted by Gasteiger charge is -2.32. The van der Waals surface area contributed by atoms with Crippen LogP contribution in [0.4, 0.5) is 11.5 Å². The zero-order valence-electron chi connectivity index (χ0n) is 10.1. The molecular formula is C12H19N3O2. The normalized spacial score (nSPS) is 18.9. The second-order valence-corrected chi connectivity index (χ2v) is 4.58. The predicted octanol–water partition coefficient (Wildman–Crippen LogP) is 0.926. The fraction of sp³-hybridized carbons (Fsp3) is 0.583. The first-order valence-corrected chi connectivity index (χ1v) is 5.86. The van der Waals surface area contributed by atoms with Crippen molar-refractivity contribution in [2.75, 3.05) is 30.8 Å². The molecule has 0 bridgehead atoms. The largest absolute Gasteiger partial charge is 0.396 e. The third kappa shape index (κ3) is 2.87. The number of nitrogens with two attached hydrogens (primary N) is 1. The second kappa shape index (κ2) is 4.89. The Morgan fingerprint density at radius 3 is 2.94 bits per heavy atom. The van der Waals surface area contributed by atoms with Gasteiger partial charge in [0.1, 0.15) is 5.82 Å². The maximum Gasteiger partial charge on any atom is 0.149 e. The van der Waals surface area contributed by atoms with E-state index in [9.17, 15) is 5.11 Å². The van der Waals surface area contributed by atoms with Crippen molar-refractivity contribution in [3.8, 4) is 0 Å². The van der Waals surface area contributed by atoms with Crippen LogP contribution < -0.4 is 11.1 Å². The summed E-state index contributed by atoms with van der Waals surface area (Å²) in [5.41, 5.74) is 6.83.